The first-order chi connectivity index (χ1) is 12.3. The second kappa shape index (κ2) is 7.57. The van der Waals surface area contributed by atoms with Crippen LogP contribution in [0.1, 0.15) is 16.0 Å². The van der Waals surface area contributed by atoms with Crippen molar-refractivity contribution in [3.8, 4) is 5.75 Å². The third-order valence-corrected chi connectivity index (χ3v) is 5.14. The van der Waals surface area contributed by atoms with Gasteiger partial charge in [0.1, 0.15) is 5.75 Å². The Bertz CT molecular complexity index is 789. The van der Waals surface area contributed by atoms with E-state index in [2.05, 4.69) is 5.32 Å². The number of hydrogen-bond donors (Lipinski definition) is 1. The Morgan fingerprint density at radius 2 is 2.15 bits per heavy atom. The van der Waals surface area contributed by atoms with Gasteiger partial charge in [-0.25, -0.2) is 0 Å². The van der Waals surface area contributed by atoms with Crippen molar-refractivity contribution < 1.29 is 22.7 Å². The van der Waals surface area contributed by atoms with Gasteiger partial charge in [-0.15, -0.1) is 11.3 Å². The van der Waals surface area contributed by atoms with Crippen LogP contribution >= 0.6 is 11.3 Å². The van der Waals surface area contributed by atoms with E-state index in [-0.39, 0.29) is 18.2 Å². The van der Waals surface area contributed by atoms with E-state index in [9.17, 15) is 18.0 Å². The van der Waals surface area contributed by atoms with Gasteiger partial charge in [0.25, 0.3) is 0 Å². The summed E-state index contributed by atoms with van der Waals surface area (Å²) in [7, 11) is 0. The van der Waals surface area contributed by atoms with Gasteiger partial charge in [0.15, 0.2) is 6.61 Å². The molecule has 0 saturated carbocycles. The summed E-state index contributed by atoms with van der Waals surface area (Å²) in [5.74, 6) is -0.00177. The number of fused-ring (bicyclic) bond motifs is 1. The van der Waals surface area contributed by atoms with E-state index in [1.165, 1.54) is 16.5 Å². The Morgan fingerprint density at radius 1 is 1.35 bits per heavy atom. The molecule has 0 spiro atoms. The highest BCUT2D eigenvalue weighted by atomic mass is 32.1. The first-order valence-corrected chi connectivity index (χ1v) is 9.07. The summed E-state index contributed by atoms with van der Waals surface area (Å²) in [4.78, 5) is 15.5. The van der Waals surface area contributed by atoms with Crippen LogP contribution in [0.5, 0.6) is 5.75 Å². The number of thiophene rings is 1. The normalized spacial score (nSPS) is 14.1. The van der Waals surface area contributed by atoms with Crippen LogP contribution in [-0.2, 0) is 17.8 Å². The SMILES string of the molecule is Cc1ccc(NCC(=O)N2CCc3sccc3C2)c(OCC(F)(F)F)c1. The fourth-order valence-electron chi connectivity index (χ4n) is 2.80. The molecule has 0 fully saturated rings. The zero-order valence-electron chi connectivity index (χ0n) is 14.2. The molecule has 2 aromatic rings. The lowest BCUT2D eigenvalue weighted by atomic mass is 10.1. The minimum absolute atomic E-state index is 0.00487. The van der Waals surface area contributed by atoms with E-state index in [1.54, 1.807) is 35.3 Å². The molecule has 0 aliphatic carbocycles. The number of anilines is 1. The number of hydrogen-bond acceptors (Lipinski definition) is 4. The monoisotopic (exact) mass is 384 g/mol. The molecule has 1 aromatic heterocycles. The number of benzene rings is 1. The Morgan fingerprint density at radius 3 is 2.92 bits per heavy atom. The van der Waals surface area contributed by atoms with E-state index in [1.807, 2.05) is 11.4 Å². The molecule has 2 heterocycles. The van der Waals surface area contributed by atoms with Crippen LogP contribution in [0.2, 0.25) is 0 Å². The number of carbonyl (C=O) groups excluding carboxylic acids is 1. The average Bonchev–Trinajstić information content (AvgIpc) is 3.05. The lowest BCUT2D eigenvalue weighted by Crippen LogP contribution is -2.38. The molecular weight excluding hydrogens is 365 g/mol. The highest BCUT2D eigenvalue weighted by Gasteiger charge is 2.29. The molecule has 0 bridgehead atoms. The van der Waals surface area contributed by atoms with Gasteiger partial charge < -0.3 is 15.0 Å². The summed E-state index contributed by atoms with van der Waals surface area (Å²) in [6.45, 7) is 1.63. The maximum absolute atomic E-state index is 12.4. The molecular formula is C18H19F3N2O2S. The first kappa shape index (κ1) is 18.6. The highest BCUT2D eigenvalue weighted by molar-refractivity contribution is 7.10. The van der Waals surface area contributed by atoms with Crippen molar-refractivity contribution >= 4 is 22.9 Å². The maximum atomic E-state index is 12.4. The van der Waals surface area contributed by atoms with Crippen molar-refractivity contribution in [2.24, 2.45) is 0 Å². The topological polar surface area (TPSA) is 41.6 Å². The van der Waals surface area contributed by atoms with Crippen molar-refractivity contribution in [3.05, 3.63) is 45.6 Å². The zero-order chi connectivity index (χ0) is 18.7. The average molecular weight is 384 g/mol. The minimum Gasteiger partial charge on any atom is -0.482 e. The lowest BCUT2D eigenvalue weighted by molar-refractivity contribution is -0.153. The van der Waals surface area contributed by atoms with Gasteiger partial charge in [-0.05, 0) is 48.1 Å². The fourth-order valence-corrected chi connectivity index (χ4v) is 3.69. The summed E-state index contributed by atoms with van der Waals surface area (Å²) < 4.78 is 42.1. The Balaban J connectivity index is 1.61. The third kappa shape index (κ3) is 4.69. The number of aryl methyl sites for hydroxylation is 1. The number of amides is 1. The molecule has 0 radical (unpaired) electrons. The largest absolute Gasteiger partial charge is 0.482 e. The number of nitrogens with one attached hydrogen (secondary N) is 1. The predicted molar refractivity (Wildman–Crippen MR) is 94.7 cm³/mol. The molecule has 1 aromatic carbocycles. The fraction of sp³-hybridized carbons (Fsp3) is 0.389. The molecule has 26 heavy (non-hydrogen) atoms. The molecule has 3 rings (SSSR count). The van der Waals surface area contributed by atoms with Crippen LogP contribution in [0.25, 0.3) is 0 Å². The van der Waals surface area contributed by atoms with E-state index in [4.69, 9.17) is 4.74 Å². The van der Waals surface area contributed by atoms with E-state index in [0.717, 1.165) is 12.0 Å². The summed E-state index contributed by atoms with van der Waals surface area (Å²) in [6.07, 6.45) is -3.58. The van der Waals surface area contributed by atoms with Gasteiger partial charge >= 0.3 is 6.18 Å². The van der Waals surface area contributed by atoms with Gasteiger partial charge in [0.2, 0.25) is 5.91 Å². The number of halogens is 3. The number of nitrogens with zero attached hydrogens (tertiary/aromatic N) is 1. The second-order valence-corrected chi connectivity index (χ2v) is 7.19. The quantitative estimate of drug-likeness (QED) is 0.847. The van der Waals surface area contributed by atoms with E-state index < -0.39 is 12.8 Å². The van der Waals surface area contributed by atoms with Crippen LogP contribution < -0.4 is 10.1 Å². The van der Waals surface area contributed by atoms with Crippen molar-refractivity contribution in [3.63, 3.8) is 0 Å². The molecule has 1 amide bonds. The van der Waals surface area contributed by atoms with Gasteiger partial charge in [-0.2, -0.15) is 13.2 Å². The second-order valence-electron chi connectivity index (χ2n) is 6.19. The van der Waals surface area contributed by atoms with E-state index in [0.29, 0.717) is 18.8 Å². The van der Waals surface area contributed by atoms with Crippen LogP contribution in [-0.4, -0.2) is 36.7 Å². The van der Waals surface area contributed by atoms with Crippen molar-refractivity contribution in [1.29, 1.82) is 0 Å². The van der Waals surface area contributed by atoms with Crippen LogP contribution in [0.4, 0.5) is 18.9 Å². The predicted octanol–water partition coefficient (Wildman–Crippen LogP) is 3.99. The smallest absolute Gasteiger partial charge is 0.422 e. The molecule has 1 aliphatic rings. The van der Waals surface area contributed by atoms with Crippen LogP contribution in [0.15, 0.2) is 29.6 Å². The Hall–Kier alpha value is -2.22. The lowest BCUT2D eigenvalue weighted by Gasteiger charge is -2.27. The summed E-state index contributed by atoms with van der Waals surface area (Å²) in [6, 6.07) is 6.93. The molecule has 1 aliphatic heterocycles. The van der Waals surface area contributed by atoms with Crippen LogP contribution in [0, 0.1) is 6.92 Å². The zero-order valence-corrected chi connectivity index (χ0v) is 15.0. The van der Waals surface area contributed by atoms with Crippen molar-refractivity contribution in [2.45, 2.75) is 26.1 Å². The van der Waals surface area contributed by atoms with Crippen LogP contribution in [0.3, 0.4) is 0 Å². The molecule has 140 valence electrons. The maximum Gasteiger partial charge on any atom is 0.422 e. The van der Waals surface area contributed by atoms with Gasteiger partial charge in [0, 0.05) is 18.0 Å². The van der Waals surface area contributed by atoms with Gasteiger partial charge in [-0.1, -0.05) is 6.07 Å². The molecule has 4 nitrogen and oxygen atoms in total. The number of rotatable bonds is 5. The Kier molecular flexibility index (Phi) is 5.41. The molecule has 1 N–H and O–H groups in total. The summed E-state index contributed by atoms with van der Waals surface area (Å²) in [5.41, 5.74) is 2.32. The highest BCUT2D eigenvalue weighted by Crippen LogP contribution is 2.28. The van der Waals surface area contributed by atoms with E-state index >= 15 is 0 Å². The number of ether oxygens (including phenoxy) is 1. The molecule has 8 heteroatoms. The van der Waals surface area contributed by atoms with Crippen molar-refractivity contribution in [2.75, 3.05) is 25.0 Å². The standard InChI is InChI=1S/C18H19F3N2O2S/c1-12-2-3-14(15(8-12)25-11-18(19,20)21)22-9-17(24)23-6-4-16-13(10-23)5-7-26-16/h2-3,5,7-8,22H,4,6,9-11H2,1H3. The molecule has 0 unspecified atom stereocenters. The van der Waals surface area contributed by atoms with Gasteiger partial charge in [-0.3, -0.25) is 4.79 Å². The first-order valence-electron chi connectivity index (χ1n) is 8.19. The molecule has 0 saturated heterocycles. The summed E-state index contributed by atoms with van der Waals surface area (Å²) >= 11 is 1.70. The van der Waals surface area contributed by atoms with Crippen molar-refractivity contribution in [1.82, 2.24) is 4.90 Å². The third-order valence-electron chi connectivity index (χ3n) is 4.12. The molecule has 0 atom stereocenters. The van der Waals surface area contributed by atoms with Gasteiger partial charge in [0.05, 0.1) is 12.2 Å². The number of carbonyl (C=O) groups is 1. The number of alkyl halides is 3. The minimum atomic E-state index is -4.41. The Labute approximate surface area is 153 Å². The summed E-state index contributed by atoms with van der Waals surface area (Å²) in [5, 5.41) is 4.93.